The quantitative estimate of drug-likeness (QED) is 0.636. The van der Waals surface area contributed by atoms with E-state index < -0.39 is 16.1 Å². The number of hydrogen-bond acceptors (Lipinski definition) is 3. The molecule has 0 bridgehead atoms. The van der Waals surface area contributed by atoms with Crippen LogP contribution in [0.5, 0.6) is 0 Å². The fourth-order valence-corrected chi connectivity index (χ4v) is 4.69. The number of anilines is 1. The summed E-state index contributed by atoms with van der Waals surface area (Å²) in [5.74, 6) is -0.322. The van der Waals surface area contributed by atoms with E-state index in [-0.39, 0.29) is 5.91 Å². The summed E-state index contributed by atoms with van der Waals surface area (Å²) in [4.78, 5) is 13.0. The van der Waals surface area contributed by atoms with Gasteiger partial charge in [0.1, 0.15) is 6.04 Å². The van der Waals surface area contributed by atoms with Crippen molar-refractivity contribution in [3.63, 3.8) is 0 Å². The number of sulfonamides is 1. The molecule has 2 aromatic carbocycles. The molecule has 158 valence electrons. The second-order valence-electron chi connectivity index (χ2n) is 6.99. The monoisotopic (exact) mass is 436 g/mol. The highest BCUT2D eigenvalue weighted by atomic mass is 35.5. The number of carbonyl (C=O) groups is 1. The van der Waals surface area contributed by atoms with Crippen molar-refractivity contribution in [1.29, 1.82) is 0 Å². The molecule has 0 saturated carbocycles. The molecule has 0 unspecified atom stereocenters. The summed E-state index contributed by atoms with van der Waals surface area (Å²) in [5, 5.41) is 3.44. The second kappa shape index (κ2) is 10.1. The summed E-state index contributed by atoms with van der Waals surface area (Å²) in [6.07, 6.45) is 3.24. The number of nitrogens with zero attached hydrogens (tertiary/aromatic N) is 1. The van der Waals surface area contributed by atoms with Crippen LogP contribution in [0.25, 0.3) is 0 Å². The van der Waals surface area contributed by atoms with Gasteiger partial charge in [0, 0.05) is 11.6 Å². The van der Waals surface area contributed by atoms with Crippen LogP contribution in [-0.2, 0) is 34.2 Å². The van der Waals surface area contributed by atoms with Gasteiger partial charge in [0.25, 0.3) is 0 Å². The van der Waals surface area contributed by atoms with Gasteiger partial charge in [0.15, 0.2) is 0 Å². The van der Waals surface area contributed by atoms with Crippen LogP contribution in [-0.4, -0.2) is 26.6 Å². The molecule has 1 amide bonds. The highest BCUT2D eigenvalue weighted by Gasteiger charge is 2.31. The van der Waals surface area contributed by atoms with E-state index in [4.69, 9.17) is 11.6 Å². The predicted octanol–water partition coefficient (Wildman–Crippen LogP) is 4.33. The van der Waals surface area contributed by atoms with Crippen LogP contribution in [0.15, 0.2) is 42.5 Å². The van der Waals surface area contributed by atoms with Crippen LogP contribution in [0, 0.1) is 0 Å². The number of carbonyl (C=O) groups excluding carboxylic acids is 1. The minimum Gasteiger partial charge on any atom is -0.350 e. The first kappa shape index (κ1) is 23.2. The number of benzene rings is 2. The molecule has 0 aliphatic carbocycles. The molecule has 0 aromatic heterocycles. The van der Waals surface area contributed by atoms with Gasteiger partial charge in [-0.3, -0.25) is 9.10 Å². The smallest absolute Gasteiger partial charge is 0.244 e. The molecule has 5 nitrogen and oxygen atoms in total. The van der Waals surface area contributed by atoms with Gasteiger partial charge in [-0.25, -0.2) is 8.42 Å². The molecule has 0 aliphatic heterocycles. The first-order valence-corrected chi connectivity index (χ1v) is 12.1. The normalized spacial score (nSPS) is 12.4. The third-order valence-corrected chi connectivity index (χ3v) is 6.36. The summed E-state index contributed by atoms with van der Waals surface area (Å²) in [6.45, 7) is 6.33. The van der Waals surface area contributed by atoms with Crippen LogP contribution in [0.4, 0.5) is 5.69 Å². The van der Waals surface area contributed by atoms with Crippen molar-refractivity contribution in [2.75, 3.05) is 10.6 Å². The van der Waals surface area contributed by atoms with E-state index in [9.17, 15) is 13.2 Å². The topological polar surface area (TPSA) is 66.5 Å². The van der Waals surface area contributed by atoms with E-state index in [1.165, 1.54) is 15.4 Å². The number of halogens is 1. The molecule has 0 fully saturated rings. The molecule has 29 heavy (non-hydrogen) atoms. The summed E-state index contributed by atoms with van der Waals surface area (Å²) >= 11 is 5.93. The van der Waals surface area contributed by atoms with Gasteiger partial charge in [0.05, 0.1) is 11.9 Å². The van der Waals surface area contributed by atoms with Crippen LogP contribution in [0.3, 0.4) is 0 Å². The van der Waals surface area contributed by atoms with Gasteiger partial charge in [-0.1, -0.05) is 50.6 Å². The molecule has 1 atom stereocenters. The van der Waals surface area contributed by atoms with Gasteiger partial charge in [-0.05, 0) is 60.2 Å². The Morgan fingerprint density at radius 2 is 1.69 bits per heavy atom. The zero-order chi connectivity index (χ0) is 21.6. The maximum Gasteiger partial charge on any atom is 0.244 e. The minimum absolute atomic E-state index is 0.322. The maximum absolute atomic E-state index is 13.0. The molecule has 2 aromatic rings. The highest BCUT2D eigenvalue weighted by Crippen LogP contribution is 2.24. The number of rotatable bonds is 9. The largest absolute Gasteiger partial charge is 0.350 e. The van der Waals surface area contributed by atoms with Crippen molar-refractivity contribution in [2.24, 2.45) is 0 Å². The Morgan fingerprint density at radius 3 is 2.21 bits per heavy atom. The zero-order valence-corrected chi connectivity index (χ0v) is 19.0. The molecule has 0 heterocycles. The second-order valence-corrected chi connectivity index (χ2v) is 9.28. The molecule has 1 N–H and O–H groups in total. The van der Waals surface area contributed by atoms with Gasteiger partial charge in [-0.15, -0.1) is 0 Å². The number of amides is 1. The predicted molar refractivity (Wildman–Crippen MR) is 120 cm³/mol. The lowest BCUT2D eigenvalue weighted by molar-refractivity contribution is -0.122. The number of nitrogens with one attached hydrogen (secondary N) is 1. The van der Waals surface area contributed by atoms with Crippen molar-refractivity contribution < 1.29 is 13.2 Å². The average Bonchev–Trinajstić information content (AvgIpc) is 2.69. The molecule has 0 saturated heterocycles. The Morgan fingerprint density at radius 1 is 1.03 bits per heavy atom. The Balaban J connectivity index is 2.27. The van der Waals surface area contributed by atoms with Crippen molar-refractivity contribution in [3.05, 3.63) is 64.2 Å². The average molecular weight is 437 g/mol. The molecule has 0 radical (unpaired) electrons. The standard InChI is InChI=1S/C22H29ClN2O3S/c1-5-16-8-9-17(6-2)18(14-16)15-24-22(26)21(7-3)25(29(4,27)28)20-12-10-19(23)11-13-20/h8-14,21H,5-7,15H2,1-4H3,(H,24,26)/t21-/m1/s1. The Labute approximate surface area is 179 Å². The van der Waals surface area contributed by atoms with Crippen molar-refractivity contribution in [3.8, 4) is 0 Å². The molecule has 7 heteroatoms. The molecule has 2 rings (SSSR count). The third-order valence-electron chi connectivity index (χ3n) is 4.92. The fourth-order valence-electron chi connectivity index (χ4n) is 3.36. The van der Waals surface area contributed by atoms with Crippen LogP contribution >= 0.6 is 11.6 Å². The lowest BCUT2D eigenvalue weighted by atomic mass is 10.0. The van der Waals surface area contributed by atoms with E-state index in [2.05, 4.69) is 37.4 Å². The van der Waals surface area contributed by atoms with Crippen molar-refractivity contribution in [1.82, 2.24) is 5.32 Å². The van der Waals surface area contributed by atoms with Gasteiger partial charge in [-0.2, -0.15) is 0 Å². The zero-order valence-electron chi connectivity index (χ0n) is 17.4. The SMILES string of the molecule is CCc1ccc(CC)c(CNC(=O)[C@@H](CC)N(c2ccc(Cl)cc2)S(C)(=O)=O)c1. The summed E-state index contributed by atoms with van der Waals surface area (Å²) in [6, 6.07) is 11.9. The molecular weight excluding hydrogens is 408 g/mol. The van der Waals surface area contributed by atoms with E-state index in [0.717, 1.165) is 24.7 Å². The van der Waals surface area contributed by atoms with Gasteiger partial charge < -0.3 is 5.32 Å². The van der Waals surface area contributed by atoms with Crippen LogP contribution < -0.4 is 9.62 Å². The van der Waals surface area contributed by atoms with E-state index in [1.54, 1.807) is 31.2 Å². The van der Waals surface area contributed by atoms with Crippen LogP contribution in [0.2, 0.25) is 5.02 Å². The van der Waals surface area contributed by atoms with Gasteiger partial charge in [0.2, 0.25) is 15.9 Å². The highest BCUT2D eigenvalue weighted by molar-refractivity contribution is 7.92. The summed E-state index contributed by atoms with van der Waals surface area (Å²) in [7, 11) is -3.66. The fraction of sp³-hybridized carbons (Fsp3) is 0.409. The van der Waals surface area contributed by atoms with Crippen molar-refractivity contribution in [2.45, 2.75) is 52.6 Å². The Bertz CT molecular complexity index is 943. The first-order chi connectivity index (χ1) is 13.7. The first-order valence-electron chi connectivity index (χ1n) is 9.84. The number of hydrogen-bond donors (Lipinski definition) is 1. The molecule has 0 spiro atoms. The number of aryl methyl sites for hydroxylation is 2. The lowest BCUT2D eigenvalue weighted by Crippen LogP contribution is -2.49. The maximum atomic E-state index is 13.0. The van der Waals surface area contributed by atoms with E-state index in [0.29, 0.717) is 23.7 Å². The van der Waals surface area contributed by atoms with E-state index >= 15 is 0 Å². The van der Waals surface area contributed by atoms with E-state index in [1.807, 2.05) is 0 Å². The summed E-state index contributed by atoms with van der Waals surface area (Å²) in [5.41, 5.74) is 3.86. The molecule has 0 aliphatic rings. The van der Waals surface area contributed by atoms with Crippen molar-refractivity contribution >= 4 is 33.2 Å². The van der Waals surface area contributed by atoms with Gasteiger partial charge >= 0.3 is 0 Å². The minimum atomic E-state index is -3.66. The summed E-state index contributed by atoms with van der Waals surface area (Å²) < 4.78 is 26.2. The molecular formula is C22H29ClN2O3S. The lowest BCUT2D eigenvalue weighted by Gasteiger charge is -2.30. The third kappa shape index (κ3) is 5.97. The Hall–Kier alpha value is -2.05. The Kier molecular flexibility index (Phi) is 8.11. The van der Waals surface area contributed by atoms with Crippen LogP contribution in [0.1, 0.15) is 43.9 Å².